The Morgan fingerprint density at radius 2 is 1.68 bits per heavy atom. The molecule has 4 amide bonds. The van der Waals surface area contributed by atoms with Crippen LogP contribution in [0.4, 0.5) is 9.59 Å². The van der Waals surface area contributed by atoms with E-state index in [4.69, 9.17) is 4.74 Å². The van der Waals surface area contributed by atoms with Crippen LogP contribution in [-0.4, -0.2) is 65.2 Å². The predicted molar refractivity (Wildman–Crippen MR) is 117 cm³/mol. The van der Waals surface area contributed by atoms with E-state index in [1.807, 2.05) is 62.9 Å². The number of nitrogens with one attached hydrogen (secondary N) is 2. The number of nitrogens with zero attached hydrogens (tertiary/aromatic N) is 2. The van der Waals surface area contributed by atoms with Gasteiger partial charge in [0.2, 0.25) is 5.91 Å². The predicted octanol–water partition coefficient (Wildman–Crippen LogP) is 3.05. The molecule has 2 heterocycles. The van der Waals surface area contributed by atoms with Gasteiger partial charge in [0.15, 0.2) is 0 Å². The summed E-state index contributed by atoms with van der Waals surface area (Å²) < 4.78 is 5.40. The molecular formula is C23H34N4O4. The van der Waals surface area contributed by atoms with Gasteiger partial charge in [0, 0.05) is 32.1 Å². The second-order valence-corrected chi connectivity index (χ2v) is 9.39. The average molecular weight is 431 g/mol. The molecule has 0 aliphatic carbocycles. The molecule has 0 saturated carbocycles. The number of hydrogen-bond acceptors (Lipinski definition) is 4. The molecule has 2 unspecified atom stereocenters. The number of urea groups is 1. The van der Waals surface area contributed by atoms with Crippen molar-refractivity contribution in [3.63, 3.8) is 0 Å². The quantitative estimate of drug-likeness (QED) is 0.768. The average Bonchev–Trinajstić information content (AvgIpc) is 3.07. The van der Waals surface area contributed by atoms with Crippen LogP contribution in [0.2, 0.25) is 0 Å². The first-order valence-electron chi connectivity index (χ1n) is 11.0. The van der Waals surface area contributed by atoms with Gasteiger partial charge in [-0.05, 0) is 46.1 Å². The number of carbonyl (C=O) groups excluding carboxylic acids is 3. The first kappa shape index (κ1) is 22.9. The molecule has 2 N–H and O–H groups in total. The van der Waals surface area contributed by atoms with Crippen LogP contribution in [0.1, 0.15) is 58.6 Å². The van der Waals surface area contributed by atoms with Gasteiger partial charge < -0.3 is 25.2 Å². The lowest BCUT2D eigenvalue weighted by molar-refractivity contribution is -0.129. The van der Waals surface area contributed by atoms with Crippen molar-refractivity contribution >= 4 is 18.0 Å². The van der Waals surface area contributed by atoms with Crippen molar-refractivity contribution in [2.24, 2.45) is 0 Å². The van der Waals surface area contributed by atoms with Gasteiger partial charge in [0.1, 0.15) is 5.60 Å². The third kappa shape index (κ3) is 6.35. The number of likely N-dealkylation sites (tertiary alicyclic amines) is 2. The molecule has 8 heteroatoms. The molecule has 1 aromatic carbocycles. The van der Waals surface area contributed by atoms with Gasteiger partial charge in [-0.2, -0.15) is 0 Å². The Morgan fingerprint density at radius 3 is 2.29 bits per heavy atom. The zero-order valence-electron chi connectivity index (χ0n) is 18.9. The number of piperidine rings is 1. The van der Waals surface area contributed by atoms with Crippen molar-refractivity contribution in [2.45, 2.75) is 70.7 Å². The molecule has 1 aromatic rings. The highest BCUT2D eigenvalue weighted by Crippen LogP contribution is 2.25. The third-order valence-corrected chi connectivity index (χ3v) is 5.73. The van der Waals surface area contributed by atoms with Gasteiger partial charge in [-0.1, -0.05) is 30.3 Å². The van der Waals surface area contributed by atoms with Gasteiger partial charge in [0.25, 0.3) is 0 Å². The van der Waals surface area contributed by atoms with Crippen LogP contribution in [-0.2, 0) is 9.53 Å². The Kier molecular flexibility index (Phi) is 7.08. The third-order valence-electron chi connectivity index (χ3n) is 5.73. The largest absolute Gasteiger partial charge is 0.444 e. The summed E-state index contributed by atoms with van der Waals surface area (Å²) in [5.74, 6) is 0.0484. The standard InChI is InChI=1S/C23H34N4O4/c1-16(17-8-6-5-7-9-17)27-15-19(14-20(27)28)25-21(29)24-18-10-12-26(13-11-18)22(30)31-23(2,3)4/h5-9,16,18-19H,10-15H2,1-4H3,(H2,24,25,29). The Morgan fingerprint density at radius 1 is 1.06 bits per heavy atom. The van der Waals surface area contributed by atoms with E-state index < -0.39 is 5.60 Å². The Labute approximate surface area is 184 Å². The van der Waals surface area contributed by atoms with Crippen LogP contribution in [0.25, 0.3) is 0 Å². The van der Waals surface area contributed by atoms with Crippen molar-refractivity contribution in [1.29, 1.82) is 0 Å². The molecular weight excluding hydrogens is 396 g/mol. The van der Waals surface area contributed by atoms with Crippen LogP contribution in [0.5, 0.6) is 0 Å². The van der Waals surface area contributed by atoms with E-state index >= 15 is 0 Å². The summed E-state index contributed by atoms with van der Waals surface area (Å²) in [4.78, 5) is 40.6. The van der Waals surface area contributed by atoms with E-state index in [9.17, 15) is 14.4 Å². The fourth-order valence-electron chi connectivity index (χ4n) is 4.06. The molecule has 0 spiro atoms. The molecule has 2 aliphatic heterocycles. The number of amides is 4. The Balaban J connectivity index is 1.42. The molecule has 2 atom stereocenters. The maximum atomic E-state index is 12.5. The van der Waals surface area contributed by atoms with Crippen molar-refractivity contribution in [3.05, 3.63) is 35.9 Å². The molecule has 2 fully saturated rings. The summed E-state index contributed by atoms with van der Waals surface area (Å²) in [7, 11) is 0. The summed E-state index contributed by atoms with van der Waals surface area (Å²) >= 11 is 0. The summed E-state index contributed by atoms with van der Waals surface area (Å²) in [5, 5.41) is 5.93. The first-order valence-corrected chi connectivity index (χ1v) is 11.0. The summed E-state index contributed by atoms with van der Waals surface area (Å²) in [6, 6.07) is 9.39. The maximum Gasteiger partial charge on any atom is 0.410 e. The number of carbonyl (C=O) groups is 3. The van der Waals surface area contributed by atoms with E-state index in [2.05, 4.69) is 10.6 Å². The second-order valence-electron chi connectivity index (χ2n) is 9.39. The highest BCUT2D eigenvalue weighted by atomic mass is 16.6. The number of ether oxygens (including phenoxy) is 1. The van der Waals surface area contributed by atoms with Gasteiger partial charge >= 0.3 is 12.1 Å². The lowest BCUT2D eigenvalue weighted by atomic mass is 10.1. The monoisotopic (exact) mass is 430 g/mol. The lowest BCUT2D eigenvalue weighted by Gasteiger charge is -2.33. The highest BCUT2D eigenvalue weighted by molar-refractivity contribution is 5.82. The number of hydrogen-bond donors (Lipinski definition) is 2. The minimum absolute atomic E-state index is 0.00450. The lowest BCUT2D eigenvalue weighted by Crippen LogP contribution is -2.51. The number of rotatable bonds is 4. The second kappa shape index (κ2) is 9.58. The van der Waals surface area contributed by atoms with Crippen molar-refractivity contribution in [3.8, 4) is 0 Å². The summed E-state index contributed by atoms with van der Waals surface area (Å²) in [6.45, 7) is 9.14. The van der Waals surface area contributed by atoms with Crippen molar-refractivity contribution in [1.82, 2.24) is 20.4 Å². The molecule has 31 heavy (non-hydrogen) atoms. The van der Waals surface area contributed by atoms with Crippen LogP contribution < -0.4 is 10.6 Å². The van der Waals surface area contributed by atoms with Gasteiger partial charge in [-0.25, -0.2) is 9.59 Å². The minimum atomic E-state index is -0.517. The molecule has 8 nitrogen and oxygen atoms in total. The minimum Gasteiger partial charge on any atom is -0.444 e. The smallest absolute Gasteiger partial charge is 0.410 e. The molecule has 2 saturated heterocycles. The fourth-order valence-corrected chi connectivity index (χ4v) is 4.06. The van der Waals surface area contributed by atoms with E-state index in [1.54, 1.807) is 4.90 Å². The summed E-state index contributed by atoms with van der Waals surface area (Å²) in [5.41, 5.74) is 0.564. The SMILES string of the molecule is CC(c1ccccc1)N1CC(NC(=O)NC2CCN(C(=O)OC(C)(C)C)CC2)CC1=O. The van der Waals surface area contributed by atoms with Gasteiger partial charge in [-0.15, -0.1) is 0 Å². The Hall–Kier alpha value is -2.77. The summed E-state index contributed by atoms with van der Waals surface area (Å²) in [6.07, 6.45) is 1.34. The molecule has 0 bridgehead atoms. The van der Waals surface area contributed by atoms with Gasteiger partial charge in [0.05, 0.1) is 12.1 Å². The van der Waals surface area contributed by atoms with E-state index in [1.165, 1.54) is 0 Å². The van der Waals surface area contributed by atoms with Crippen LogP contribution >= 0.6 is 0 Å². The highest BCUT2D eigenvalue weighted by Gasteiger charge is 2.34. The molecule has 3 rings (SSSR count). The number of benzene rings is 1. The Bertz CT molecular complexity index is 785. The van der Waals surface area contributed by atoms with Crippen LogP contribution in [0.3, 0.4) is 0 Å². The van der Waals surface area contributed by atoms with Crippen molar-refractivity contribution < 1.29 is 19.1 Å². The zero-order valence-corrected chi connectivity index (χ0v) is 18.9. The zero-order chi connectivity index (χ0) is 22.6. The van der Waals surface area contributed by atoms with Crippen LogP contribution in [0, 0.1) is 0 Å². The van der Waals surface area contributed by atoms with Gasteiger partial charge in [-0.3, -0.25) is 4.79 Å². The topological polar surface area (TPSA) is 91.0 Å². The van der Waals surface area contributed by atoms with Crippen LogP contribution in [0.15, 0.2) is 30.3 Å². The van der Waals surface area contributed by atoms with E-state index in [0.29, 0.717) is 38.9 Å². The van der Waals surface area contributed by atoms with Crippen molar-refractivity contribution in [2.75, 3.05) is 19.6 Å². The normalized spacial score (nSPS) is 21.0. The molecule has 170 valence electrons. The maximum absolute atomic E-state index is 12.5. The van der Waals surface area contributed by atoms with E-state index in [-0.39, 0.29) is 36.2 Å². The first-order chi connectivity index (χ1) is 14.6. The van der Waals surface area contributed by atoms with E-state index in [0.717, 1.165) is 5.56 Å². The fraction of sp³-hybridized carbons (Fsp3) is 0.609. The molecule has 0 aromatic heterocycles. The molecule has 2 aliphatic rings. The molecule has 0 radical (unpaired) electrons.